The molecule has 2 rings (SSSR count). The van der Waals surface area contributed by atoms with Crippen LogP contribution in [0.2, 0.25) is 0 Å². The van der Waals surface area contributed by atoms with E-state index in [0.717, 1.165) is 11.1 Å². The Morgan fingerprint density at radius 2 is 1.94 bits per heavy atom. The van der Waals surface area contributed by atoms with E-state index < -0.39 is 0 Å². The molecular weight excluding hydrogens is 201 g/mol. The lowest BCUT2D eigenvalue weighted by Gasteiger charge is -2.05. The van der Waals surface area contributed by atoms with Crippen molar-refractivity contribution in [2.75, 3.05) is 0 Å². The molecule has 0 atom stereocenters. The molecule has 0 bridgehead atoms. The molecule has 1 aromatic rings. The van der Waals surface area contributed by atoms with Crippen LogP contribution in [0.5, 0.6) is 0 Å². The van der Waals surface area contributed by atoms with Crippen LogP contribution < -0.4 is 5.32 Å². The lowest BCUT2D eigenvalue weighted by molar-refractivity contribution is 0.586. The summed E-state index contributed by atoms with van der Waals surface area (Å²) in [5.74, 6) is -0.0984. The number of halogens is 1. The molecule has 2 heteroatoms. The third-order valence-electron chi connectivity index (χ3n) is 2.36. The van der Waals surface area contributed by atoms with Gasteiger partial charge in [-0.1, -0.05) is 38.0 Å². The Morgan fingerprint density at radius 1 is 1.31 bits per heavy atom. The van der Waals surface area contributed by atoms with Crippen molar-refractivity contribution < 1.29 is 4.39 Å². The molecule has 0 saturated heterocycles. The lowest BCUT2D eigenvalue weighted by Crippen LogP contribution is -2.16. The van der Waals surface area contributed by atoms with E-state index in [0.29, 0.717) is 12.6 Å². The second-order valence-corrected chi connectivity index (χ2v) is 4.46. The van der Waals surface area contributed by atoms with Crippen molar-refractivity contribution in [3.8, 4) is 0 Å². The van der Waals surface area contributed by atoms with Crippen LogP contribution in [-0.2, 0) is 6.54 Å². The summed E-state index contributed by atoms with van der Waals surface area (Å²) in [6.07, 6.45) is 3.74. The molecule has 1 saturated carbocycles. The van der Waals surface area contributed by atoms with Crippen LogP contribution in [0.15, 0.2) is 18.2 Å². The van der Waals surface area contributed by atoms with E-state index in [-0.39, 0.29) is 5.82 Å². The molecule has 90 valence electrons. The Hall–Kier alpha value is -0.890. The van der Waals surface area contributed by atoms with E-state index in [1.807, 2.05) is 13.0 Å². The summed E-state index contributed by atoms with van der Waals surface area (Å²) >= 11 is 0. The van der Waals surface area contributed by atoms with Gasteiger partial charge in [-0.05, 0) is 25.8 Å². The van der Waals surface area contributed by atoms with Gasteiger partial charge in [0.15, 0.2) is 0 Å². The minimum atomic E-state index is -0.0984. The topological polar surface area (TPSA) is 12.0 Å². The van der Waals surface area contributed by atoms with Gasteiger partial charge in [-0.15, -0.1) is 0 Å². The zero-order valence-corrected chi connectivity index (χ0v) is 10.5. The first-order valence-corrected chi connectivity index (χ1v) is 6.15. The summed E-state index contributed by atoms with van der Waals surface area (Å²) in [5, 5.41) is 3.30. The van der Waals surface area contributed by atoms with Crippen LogP contribution in [0.1, 0.15) is 44.2 Å². The Labute approximate surface area is 98.1 Å². The fourth-order valence-corrected chi connectivity index (χ4v) is 1.38. The molecule has 0 aliphatic heterocycles. The lowest BCUT2D eigenvalue weighted by atomic mass is 10.1. The molecule has 1 aliphatic carbocycles. The Bertz CT molecular complexity index is 319. The van der Waals surface area contributed by atoms with E-state index in [1.54, 1.807) is 12.1 Å². The van der Waals surface area contributed by atoms with Crippen LogP contribution in [0.25, 0.3) is 0 Å². The van der Waals surface area contributed by atoms with Crippen molar-refractivity contribution >= 4 is 0 Å². The first-order chi connectivity index (χ1) is 7.67. The van der Waals surface area contributed by atoms with Crippen LogP contribution >= 0.6 is 0 Å². The quantitative estimate of drug-likeness (QED) is 0.821. The van der Waals surface area contributed by atoms with Gasteiger partial charge in [-0.25, -0.2) is 4.39 Å². The number of aryl methyl sites for hydroxylation is 1. The van der Waals surface area contributed by atoms with Crippen LogP contribution in [0.3, 0.4) is 0 Å². The molecule has 0 spiro atoms. The van der Waals surface area contributed by atoms with Crippen molar-refractivity contribution in [3.63, 3.8) is 0 Å². The molecular formula is C14H22FN. The van der Waals surface area contributed by atoms with Gasteiger partial charge in [0.05, 0.1) is 0 Å². The molecule has 1 nitrogen and oxygen atoms in total. The maximum absolute atomic E-state index is 13.2. The normalized spacial score (nSPS) is 14.2. The maximum atomic E-state index is 13.2. The monoisotopic (exact) mass is 223 g/mol. The van der Waals surface area contributed by atoms with Gasteiger partial charge in [0.25, 0.3) is 0 Å². The van der Waals surface area contributed by atoms with Gasteiger partial charge in [-0.2, -0.15) is 0 Å². The predicted molar refractivity (Wildman–Crippen MR) is 67.0 cm³/mol. The number of benzene rings is 1. The molecule has 0 heterocycles. The van der Waals surface area contributed by atoms with Crippen molar-refractivity contribution in [2.45, 2.75) is 52.6 Å². The minimum absolute atomic E-state index is 0.0984. The average molecular weight is 223 g/mol. The fraction of sp³-hybridized carbons (Fsp3) is 0.571. The average Bonchev–Trinajstić information content (AvgIpc) is 3.04. The van der Waals surface area contributed by atoms with Crippen LogP contribution in [-0.4, -0.2) is 6.04 Å². The highest BCUT2D eigenvalue weighted by atomic mass is 19.1. The van der Waals surface area contributed by atoms with Gasteiger partial charge in [-0.3, -0.25) is 0 Å². The third kappa shape index (κ3) is 4.75. The van der Waals surface area contributed by atoms with Crippen LogP contribution in [0.4, 0.5) is 4.39 Å². The highest BCUT2D eigenvalue weighted by Gasteiger charge is 2.20. The highest BCUT2D eigenvalue weighted by molar-refractivity contribution is 5.24. The maximum Gasteiger partial charge on any atom is 0.127 e. The Morgan fingerprint density at radius 3 is 2.50 bits per heavy atom. The van der Waals surface area contributed by atoms with Gasteiger partial charge in [0, 0.05) is 18.2 Å². The second kappa shape index (κ2) is 6.64. The van der Waals surface area contributed by atoms with Crippen LogP contribution in [0, 0.1) is 12.7 Å². The predicted octanol–water partition coefficient (Wildman–Crippen LogP) is 3.80. The van der Waals surface area contributed by atoms with E-state index in [9.17, 15) is 4.39 Å². The largest absolute Gasteiger partial charge is 0.310 e. The standard InChI is InChI=1S/C11H14FN.C3H8/c1-8-2-5-11(12)9(6-8)7-13-10-3-4-10;1-3-2/h2,5-6,10,13H,3-4,7H2,1H3;3H2,1-2H3. The Balaban J connectivity index is 0.000000386. The van der Waals surface area contributed by atoms with E-state index in [1.165, 1.54) is 19.3 Å². The molecule has 0 radical (unpaired) electrons. The molecule has 1 aromatic carbocycles. The first-order valence-electron chi connectivity index (χ1n) is 6.15. The minimum Gasteiger partial charge on any atom is -0.310 e. The zero-order chi connectivity index (χ0) is 12.0. The summed E-state index contributed by atoms with van der Waals surface area (Å²) in [7, 11) is 0. The molecule has 0 aromatic heterocycles. The second-order valence-electron chi connectivity index (χ2n) is 4.46. The van der Waals surface area contributed by atoms with Gasteiger partial charge in [0.1, 0.15) is 5.82 Å². The number of nitrogens with one attached hydrogen (secondary N) is 1. The number of hydrogen-bond acceptors (Lipinski definition) is 1. The van der Waals surface area contributed by atoms with E-state index >= 15 is 0 Å². The van der Waals surface area contributed by atoms with Gasteiger partial charge >= 0.3 is 0 Å². The molecule has 1 aliphatic rings. The number of hydrogen-bond donors (Lipinski definition) is 1. The summed E-state index contributed by atoms with van der Waals surface area (Å²) < 4.78 is 13.2. The van der Waals surface area contributed by atoms with E-state index in [2.05, 4.69) is 19.2 Å². The third-order valence-corrected chi connectivity index (χ3v) is 2.36. The SMILES string of the molecule is CCC.Cc1ccc(F)c(CNC2CC2)c1. The molecule has 1 fully saturated rings. The summed E-state index contributed by atoms with van der Waals surface area (Å²) in [6, 6.07) is 5.89. The summed E-state index contributed by atoms with van der Waals surface area (Å²) in [6.45, 7) is 6.90. The van der Waals surface area contributed by atoms with Crippen molar-refractivity contribution in [1.29, 1.82) is 0 Å². The molecule has 0 unspecified atom stereocenters. The smallest absolute Gasteiger partial charge is 0.127 e. The van der Waals surface area contributed by atoms with Gasteiger partial charge in [0.2, 0.25) is 0 Å². The Kier molecular flexibility index (Phi) is 5.47. The molecule has 0 amide bonds. The summed E-state index contributed by atoms with van der Waals surface area (Å²) in [4.78, 5) is 0. The van der Waals surface area contributed by atoms with Crippen molar-refractivity contribution in [3.05, 3.63) is 35.1 Å². The fourth-order valence-electron chi connectivity index (χ4n) is 1.38. The number of rotatable bonds is 3. The van der Waals surface area contributed by atoms with Crippen molar-refractivity contribution in [2.24, 2.45) is 0 Å². The highest BCUT2D eigenvalue weighted by Crippen LogP contribution is 2.20. The summed E-state index contributed by atoms with van der Waals surface area (Å²) in [5.41, 5.74) is 1.90. The van der Waals surface area contributed by atoms with Gasteiger partial charge < -0.3 is 5.32 Å². The molecule has 1 N–H and O–H groups in total. The molecule has 16 heavy (non-hydrogen) atoms. The zero-order valence-electron chi connectivity index (χ0n) is 10.5. The van der Waals surface area contributed by atoms with E-state index in [4.69, 9.17) is 0 Å². The first kappa shape index (κ1) is 13.2. The van der Waals surface area contributed by atoms with Crippen molar-refractivity contribution in [1.82, 2.24) is 5.32 Å².